The molecule has 2 bridgehead atoms. The van der Waals surface area contributed by atoms with Crippen molar-refractivity contribution in [2.45, 2.75) is 87.3 Å². The van der Waals surface area contributed by atoms with Crippen molar-refractivity contribution in [2.24, 2.45) is 17.8 Å². The Morgan fingerprint density at radius 1 is 1.19 bits per heavy atom. The predicted octanol–water partition coefficient (Wildman–Crippen LogP) is 2.59. The molecule has 1 saturated heterocycles. The van der Waals surface area contributed by atoms with Crippen LogP contribution in [0.3, 0.4) is 0 Å². The summed E-state index contributed by atoms with van der Waals surface area (Å²) in [5.74, 6) is -0.737. The van der Waals surface area contributed by atoms with E-state index in [9.17, 15) is 24.9 Å². The van der Waals surface area contributed by atoms with Gasteiger partial charge in [0.25, 0.3) is 0 Å². The van der Waals surface area contributed by atoms with Gasteiger partial charge in [-0.05, 0) is 93.5 Å². The number of likely N-dealkylation sites (tertiary alicyclic amines) is 1. The van der Waals surface area contributed by atoms with E-state index in [-0.39, 0.29) is 30.0 Å². The average Bonchev–Trinajstić information content (AvgIpc) is 3.52. The van der Waals surface area contributed by atoms with Gasteiger partial charge in [-0.15, -0.1) is 0 Å². The Labute approximate surface area is 211 Å². The highest BCUT2D eigenvalue weighted by Gasteiger charge is 2.66. The molecule has 5 aliphatic rings. The van der Waals surface area contributed by atoms with Gasteiger partial charge >= 0.3 is 5.97 Å². The van der Waals surface area contributed by atoms with Gasteiger partial charge in [-0.25, -0.2) is 4.79 Å². The molecule has 1 unspecified atom stereocenters. The second kappa shape index (κ2) is 8.55. The van der Waals surface area contributed by atoms with Crippen LogP contribution >= 0.6 is 0 Å². The van der Waals surface area contributed by atoms with Gasteiger partial charge in [0.15, 0.2) is 0 Å². The van der Waals surface area contributed by atoms with Crippen molar-refractivity contribution in [2.75, 3.05) is 13.1 Å². The summed E-state index contributed by atoms with van der Waals surface area (Å²) in [6.45, 7) is 1.41. The maximum atomic E-state index is 13.2. The number of rotatable bonds is 6. The predicted molar refractivity (Wildman–Crippen MR) is 133 cm³/mol. The van der Waals surface area contributed by atoms with E-state index in [1.807, 2.05) is 6.07 Å². The van der Waals surface area contributed by atoms with E-state index in [0.717, 1.165) is 36.4 Å². The summed E-state index contributed by atoms with van der Waals surface area (Å²) in [7, 11) is 0. The first-order valence-corrected chi connectivity index (χ1v) is 13.6. The summed E-state index contributed by atoms with van der Waals surface area (Å²) in [5, 5.41) is 45.2. The van der Waals surface area contributed by atoms with Crippen molar-refractivity contribution >= 4 is 17.6 Å². The molecule has 8 nitrogen and oxygen atoms in total. The zero-order valence-corrected chi connectivity index (χ0v) is 20.7. The molecule has 36 heavy (non-hydrogen) atoms. The molecule has 4 fully saturated rings. The zero-order valence-electron chi connectivity index (χ0n) is 20.7. The van der Waals surface area contributed by atoms with Crippen LogP contribution in [0, 0.1) is 23.2 Å². The van der Waals surface area contributed by atoms with Crippen molar-refractivity contribution in [3.05, 3.63) is 29.3 Å². The number of phenols is 1. The number of carboxylic acids is 1. The molecule has 3 saturated carbocycles. The number of aliphatic carboxylic acids is 1. The molecule has 1 aliphatic heterocycles. The minimum atomic E-state index is -1.10. The highest BCUT2D eigenvalue weighted by Crippen LogP contribution is 2.62. The molecule has 1 heterocycles. The van der Waals surface area contributed by atoms with Gasteiger partial charge in [-0.3, -0.25) is 4.79 Å². The van der Waals surface area contributed by atoms with Crippen LogP contribution in [-0.2, 0) is 21.4 Å². The minimum Gasteiger partial charge on any atom is -0.508 e. The lowest BCUT2D eigenvalue weighted by molar-refractivity contribution is -0.154. The van der Waals surface area contributed by atoms with Crippen LogP contribution in [0.5, 0.6) is 5.75 Å². The maximum Gasteiger partial charge on any atom is 0.326 e. The minimum absolute atomic E-state index is 0.0358. The maximum absolute atomic E-state index is 13.2. The van der Waals surface area contributed by atoms with Crippen molar-refractivity contribution in [3.8, 4) is 5.75 Å². The lowest BCUT2D eigenvalue weighted by Gasteiger charge is -2.64. The van der Waals surface area contributed by atoms with E-state index in [1.54, 1.807) is 12.1 Å². The molecule has 0 spiro atoms. The molecule has 0 radical (unpaired) electrons. The molecule has 5 N–H and O–H groups in total. The number of hydrogen-bond donors (Lipinski definition) is 5. The lowest BCUT2D eigenvalue weighted by atomic mass is 9.43. The van der Waals surface area contributed by atoms with Gasteiger partial charge in [-0.1, -0.05) is 6.07 Å². The van der Waals surface area contributed by atoms with Crippen LogP contribution in [0.25, 0.3) is 0 Å². The summed E-state index contributed by atoms with van der Waals surface area (Å²) < 4.78 is 0. The topological polar surface area (TPSA) is 134 Å². The third-order valence-electron chi connectivity index (χ3n) is 10.0. The Morgan fingerprint density at radius 2 is 2.00 bits per heavy atom. The first-order valence-electron chi connectivity index (χ1n) is 13.6. The number of aromatic hydroxyl groups is 1. The molecule has 8 heteroatoms. The molecule has 6 atom stereocenters. The number of benzene rings is 1. The van der Waals surface area contributed by atoms with Crippen LogP contribution in [-0.4, -0.2) is 68.6 Å². The number of fused-ring (bicyclic) bond motifs is 1. The molecule has 1 amide bonds. The summed E-state index contributed by atoms with van der Waals surface area (Å²) in [6, 6.07) is 4.86. The first-order chi connectivity index (χ1) is 17.2. The van der Waals surface area contributed by atoms with Crippen molar-refractivity contribution in [1.29, 1.82) is 5.41 Å². The highest BCUT2D eigenvalue weighted by molar-refractivity contribution is 5.92. The quantitative estimate of drug-likeness (QED) is 0.412. The number of nitrogens with zero attached hydrogens (tertiary/aromatic N) is 1. The average molecular weight is 496 g/mol. The number of hydrogen-bond acceptors (Lipinski definition) is 6. The Kier molecular flexibility index (Phi) is 5.68. The smallest absolute Gasteiger partial charge is 0.326 e. The summed E-state index contributed by atoms with van der Waals surface area (Å²) in [6.07, 6.45) is 6.77. The Bertz CT molecular complexity index is 1100. The van der Waals surface area contributed by atoms with Crippen molar-refractivity contribution in [1.82, 2.24) is 10.2 Å². The van der Waals surface area contributed by atoms with Crippen LogP contribution in [0.1, 0.15) is 68.9 Å². The number of amides is 1. The normalized spacial score (nSPS) is 37.4. The summed E-state index contributed by atoms with van der Waals surface area (Å²) in [5.41, 5.74) is 0.819. The summed E-state index contributed by atoms with van der Waals surface area (Å²) >= 11 is 0. The molecule has 1 aromatic carbocycles. The number of aliphatic hydroxyl groups is 1. The first kappa shape index (κ1) is 23.9. The monoisotopic (exact) mass is 495 g/mol. The molecule has 4 aliphatic carbocycles. The van der Waals surface area contributed by atoms with Gasteiger partial charge in [-0.2, -0.15) is 0 Å². The highest BCUT2D eigenvalue weighted by atomic mass is 16.4. The van der Waals surface area contributed by atoms with Gasteiger partial charge in [0.1, 0.15) is 11.8 Å². The molecule has 6 rings (SSSR count). The lowest BCUT2D eigenvalue weighted by Crippen LogP contribution is -2.71. The molecule has 194 valence electrons. The fourth-order valence-corrected chi connectivity index (χ4v) is 7.99. The van der Waals surface area contributed by atoms with E-state index in [4.69, 9.17) is 5.41 Å². The number of carbonyl (C=O) groups is 2. The van der Waals surface area contributed by atoms with Crippen LogP contribution < -0.4 is 5.32 Å². The van der Waals surface area contributed by atoms with Crippen molar-refractivity contribution < 1.29 is 24.9 Å². The van der Waals surface area contributed by atoms with E-state index < -0.39 is 28.9 Å². The molecule has 1 aromatic rings. The van der Waals surface area contributed by atoms with Crippen LogP contribution in [0.15, 0.2) is 18.2 Å². The molecular formula is C28H37N3O5. The zero-order chi connectivity index (χ0) is 25.2. The largest absolute Gasteiger partial charge is 0.508 e. The standard InChI is InChI=1S/C28H37N3O5/c29-22-14-27-8-7-23(30-15-16-3-4-16)21(10-17-5-6-19(32)12-20(17)27)28(27,36)13-18(22)11-25(33)31-9-1-2-24(31)26(34)35/h5-6,12,16,18,21,23-24,29-30,32,36H,1-4,7-11,13-15H2,(H,34,35)/t18-,21-,23?,24-,27+,28+/m0/s1. The van der Waals surface area contributed by atoms with E-state index in [1.165, 1.54) is 17.7 Å². The fraction of sp³-hybridized carbons (Fsp3) is 0.679. The van der Waals surface area contributed by atoms with Gasteiger partial charge < -0.3 is 30.9 Å². The van der Waals surface area contributed by atoms with Crippen molar-refractivity contribution in [3.63, 3.8) is 0 Å². The Hall–Kier alpha value is -2.45. The molecular weight excluding hydrogens is 458 g/mol. The van der Waals surface area contributed by atoms with E-state index in [2.05, 4.69) is 5.32 Å². The van der Waals surface area contributed by atoms with Gasteiger partial charge in [0.05, 0.1) is 5.60 Å². The van der Waals surface area contributed by atoms with Crippen LogP contribution in [0.4, 0.5) is 0 Å². The number of carbonyl (C=O) groups excluding carboxylic acids is 1. The van der Waals surface area contributed by atoms with Gasteiger partial charge in [0.2, 0.25) is 5.91 Å². The second-order valence-corrected chi connectivity index (χ2v) is 12.0. The SMILES string of the molecule is N=C1C[C@]23CCC(NCC4CC4)[C@H](Cc4ccc(O)cc42)[C@]3(O)C[C@@H]1CC(=O)N1CCC[C@H]1C(=O)O. The Morgan fingerprint density at radius 3 is 2.75 bits per heavy atom. The van der Waals surface area contributed by atoms with Crippen LogP contribution in [0.2, 0.25) is 0 Å². The molecule has 0 aromatic heterocycles. The third-order valence-corrected chi connectivity index (χ3v) is 10.0. The second-order valence-electron chi connectivity index (χ2n) is 12.0. The van der Waals surface area contributed by atoms with E-state index in [0.29, 0.717) is 44.4 Å². The third kappa shape index (κ3) is 3.67. The fourth-order valence-electron chi connectivity index (χ4n) is 7.99. The van der Waals surface area contributed by atoms with E-state index >= 15 is 0 Å². The summed E-state index contributed by atoms with van der Waals surface area (Å²) in [4.78, 5) is 26.3. The number of phenolic OH excluding ortho intramolecular Hbond substituents is 1. The number of nitrogens with one attached hydrogen (secondary N) is 2. The number of carboxylic acid groups (broad SMARTS) is 1. The van der Waals surface area contributed by atoms with Gasteiger partial charge in [0, 0.05) is 42.0 Å². The Balaban J connectivity index is 1.31.